The molecule has 1 rings (SSSR count). The first-order valence-electron chi connectivity index (χ1n) is 6.63. The van der Waals surface area contributed by atoms with Gasteiger partial charge in [0.05, 0.1) is 0 Å². The molecule has 0 spiro atoms. The van der Waals surface area contributed by atoms with Crippen LogP contribution < -0.4 is 5.32 Å². The molecule has 0 saturated heterocycles. The summed E-state index contributed by atoms with van der Waals surface area (Å²) >= 11 is 0. The van der Waals surface area contributed by atoms with E-state index in [0.717, 1.165) is 19.3 Å². The number of ketones is 1. The normalized spacial score (nSPS) is 26.0. The highest BCUT2D eigenvalue weighted by Crippen LogP contribution is 2.23. The largest absolute Gasteiger partial charge is 0.442 e. The number of rotatable bonds is 3. The Bertz CT molecular complexity index is 323. The Morgan fingerprint density at radius 3 is 2.61 bits per heavy atom. The first-order chi connectivity index (χ1) is 8.54. The number of nitrogens with one attached hydrogen (secondary N) is 1. The number of Topliss-reactive ketones (excluding diaryl/α,β-unsaturated/α-hetero) is 1. The summed E-state index contributed by atoms with van der Waals surface area (Å²) in [5.74, 6) is 0.506. The smallest absolute Gasteiger partial charge is 0.407 e. The lowest BCUT2D eigenvalue weighted by atomic mass is 9.85. The van der Waals surface area contributed by atoms with Crippen LogP contribution in [0.5, 0.6) is 0 Å². The van der Waals surface area contributed by atoms with Gasteiger partial charge in [-0.25, -0.2) is 4.79 Å². The van der Waals surface area contributed by atoms with Crippen molar-refractivity contribution in [2.75, 3.05) is 7.05 Å². The molecule has 0 radical (unpaired) electrons. The zero-order valence-electron chi connectivity index (χ0n) is 11.4. The second kappa shape index (κ2) is 7.19. The summed E-state index contributed by atoms with van der Waals surface area (Å²) < 4.78 is 5.22. The van der Waals surface area contributed by atoms with Crippen LogP contribution >= 0.6 is 0 Å². The van der Waals surface area contributed by atoms with Crippen LogP contribution in [0.4, 0.5) is 4.79 Å². The molecule has 1 N–H and O–H groups in total. The Morgan fingerprint density at radius 1 is 1.28 bits per heavy atom. The summed E-state index contributed by atoms with van der Waals surface area (Å²) in [5.41, 5.74) is 0. The second-order valence-electron chi connectivity index (χ2n) is 5.03. The van der Waals surface area contributed by atoms with Gasteiger partial charge in [-0.05, 0) is 31.8 Å². The van der Waals surface area contributed by atoms with Crippen LogP contribution in [0.2, 0.25) is 0 Å². The number of carbonyl (C=O) groups excluding carboxylic acids is 2. The molecule has 0 saturated carbocycles. The third-order valence-electron chi connectivity index (χ3n) is 3.27. The van der Waals surface area contributed by atoms with Gasteiger partial charge in [0.2, 0.25) is 0 Å². The molecule has 0 bridgehead atoms. The zero-order valence-corrected chi connectivity index (χ0v) is 11.4. The molecule has 0 fully saturated rings. The van der Waals surface area contributed by atoms with E-state index in [4.69, 9.17) is 4.74 Å². The standard InChI is InChI=1S/C14H23NO3/c1-10(2)13(16)11-6-4-5-7-12(9-8-11)18-14(17)15-3/h5,7,10-12H,4,6,8-9H2,1-3H3,(H,15,17)/b7-5+. The molecule has 4 heteroatoms. The van der Waals surface area contributed by atoms with Crippen molar-refractivity contribution >= 4 is 11.9 Å². The average molecular weight is 253 g/mol. The van der Waals surface area contributed by atoms with Crippen LogP contribution in [-0.2, 0) is 9.53 Å². The van der Waals surface area contributed by atoms with Crippen molar-refractivity contribution in [2.24, 2.45) is 11.8 Å². The van der Waals surface area contributed by atoms with E-state index in [2.05, 4.69) is 5.32 Å². The van der Waals surface area contributed by atoms with Gasteiger partial charge in [-0.15, -0.1) is 0 Å². The second-order valence-corrected chi connectivity index (χ2v) is 5.03. The molecule has 0 aromatic rings. The Morgan fingerprint density at radius 2 is 2.00 bits per heavy atom. The lowest BCUT2D eigenvalue weighted by Crippen LogP contribution is -2.27. The summed E-state index contributed by atoms with van der Waals surface area (Å²) in [6, 6.07) is 0. The topological polar surface area (TPSA) is 55.4 Å². The molecular formula is C14H23NO3. The SMILES string of the molecule is CNC(=O)OC1/C=C/CCC(C(=O)C(C)C)CC1. The molecule has 0 aromatic carbocycles. The van der Waals surface area contributed by atoms with Gasteiger partial charge in [0, 0.05) is 18.9 Å². The fraction of sp³-hybridized carbons (Fsp3) is 0.714. The highest BCUT2D eigenvalue weighted by atomic mass is 16.6. The van der Waals surface area contributed by atoms with Crippen molar-refractivity contribution in [2.45, 2.75) is 45.6 Å². The molecule has 0 heterocycles. The predicted octanol–water partition coefficient (Wildman–Crippen LogP) is 2.68. The van der Waals surface area contributed by atoms with Crippen molar-refractivity contribution in [3.8, 4) is 0 Å². The van der Waals surface area contributed by atoms with Crippen LogP contribution in [0.1, 0.15) is 39.5 Å². The fourth-order valence-electron chi connectivity index (χ4n) is 2.20. The van der Waals surface area contributed by atoms with Crippen LogP contribution in [0.25, 0.3) is 0 Å². The van der Waals surface area contributed by atoms with E-state index in [1.54, 1.807) is 7.05 Å². The maximum absolute atomic E-state index is 12.0. The predicted molar refractivity (Wildman–Crippen MR) is 70.3 cm³/mol. The molecule has 1 amide bonds. The first-order valence-corrected chi connectivity index (χ1v) is 6.63. The lowest BCUT2D eigenvalue weighted by molar-refractivity contribution is -0.126. The minimum absolute atomic E-state index is 0.0803. The summed E-state index contributed by atoms with van der Waals surface area (Å²) in [5, 5.41) is 2.44. The molecule has 102 valence electrons. The Balaban J connectivity index is 2.56. The maximum Gasteiger partial charge on any atom is 0.407 e. The van der Waals surface area contributed by atoms with Crippen LogP contribution in [0.3, 0.4) is 0 Å². The highest BCUT2D eigenvalue weighted by Gasteiger charge is 2.23. The molecular weight excluding hydrogens is 230 g/mol. The number of hydrogen-bond acceptors (Lipinski definition) is 3. The van der Waals surface area contributed by atoms with Crippen LogP contribution in [0, 0.1) is 11.8 Å². The monoisotopic (exact) mass is 253 g/mol. The molecule has 4 nitrogen and oxygen atoms in total. The van der Waals surface area contributed by atoms with Gasteiger partial charge in [-0.2, -0.15) is 0 Å². The van der Waals surface area contributed by atoms with Gasteiger partial charge < -0.3 is 10.1 Å². The van der Waals surface area contributed by atoms with Gasteiger partial charge >= 0.3 is 6.09 Å². The number of alkyl carbamates (subject to hydrolysis) is 1. The number of ether oxygens (including phenoxy) is 1. The van der Waals surface area contributed by atoms with E-state index in [-0.39, 0.29) is 17.9 Å². The summed E-state index contributed by atoms with van der Waals surface area (Å²) in [6.07, 6.45) is 6.58. The lowest BCUT2D eigenvalue weighted by Gasteiger charge is -2.22. The Labute approximate surface area is 109 Å². The average Bonchev–Trinajstić information content (AvgIpc) is 2.32. The molecule has 0 aliphatic heterocycles. The van der Waals surface area contributed by atoms with Crippen LogP contribution in [0.15, 0.2) is 12.2 Å². The van der Waals surface area contributed by atoms with Crippen molar-refractivity contribution in [3.63, 3.8) is 0 Å². The third-order valence-corrected chi connectivity index (χ3v) is 3.27. The minimum atomic E-state index is -0.419. The first kappa shape index (κ1) is 14.7. The van der Waals surface area contributed by atoms with E-state index in [9.17, 15) is 9.59 Å². The third kappa shape index (κ3) is 4.51. The molecule has 1 aliphatic carbocycles. The highest BCUT2D eigenvalue weighted by molar-refractivity contribution is 5.82. The van der Waals surface area contributed by atoms with E-state index in [0.29, 0.717) is 12.2 Å². The number of allylic oxidation sites excluding steroid dienone is 1. The fourth-order valence-corrected chi connectivity index (χ4v) is 2.20. The molecule has 2 unspecified atom stereocenters. The van der Waals surface area contributed by atoms with Crippen LogP contribution in [-0.4, -0.2) is 25.0 Å². The Hall–Kier alpha value is -1.32. The van der Waals surface area contributed by atoms with E-state index in [1.165, 1.54) is 0 Å². The number of amides is 1. The molecule has 0 aromatic heterocycles. The van der Waals surface area contributed by atoms with E-state index < -0.39 is 6.09 Å². The van der Waals surface area contributed by atoms with Crippen molar-refractivity contribution in [1.82, 2.24) is 5.32 Å². The van der Waals surface area contributed by atoms with E-state index in [1.807, 2.05) is 26.0 Å². The number of carbonyl (C=O) groups is 2. The molecule has 18 heavy (non-hydrogen) atoms. The molecule has 1 aliphatic rings. The van der Waals surface area contributed by atoms with Crippen molar-refractivity contribution in [1.29, 1.82) is 0 Å². The van der Waals surface area contributed by atoms with Gasteiger partial charge in [0.1, 0.15) is 11.9 Å². The minimum Gasteiger partial charge on any atom is -0.442 e. The van der Waals surface area contributed by atoms with Gasteiger partial charge in [0.15, 0.2) is 0 Å². The van der Waals surface area contributed by atoms with Gasteiger partial charge in [-0.1, -0.05) is 19.9 Å². The Kier molecular flexibility index (Phi) is 5.89. The number of hydrogen-bond donors (Lipinski definition) is 1. The summed E-state index contributed by atoms with van der Waals surface area (Å²) in [4.78, 5) is 23.2. The van der Waals surface area contributed by atoms with Gasteiger partial charge in [0.25, 0.3) is 0 Å². The summed E-state index contributed by atoms with van der Waals surface area (Å²) in [7, 11) is 1.54. The summed E-state index contributed by atoms with van der Waals surface area (Å²) in [6.45, 7) is 3.88. The van der Waals surface area contributed by atoms with Crippen molar-refractivity contribution in [3.05, 3.63) is 12.2 Å². The van der Waals surface area contributed by atoms with Gasteiger partial charge in [-0.3, -0.25) is 4.79 Å². The maximum atomic E-state index is 12.0. The molecule has 2 atom stereocenters. The quantitative estimate of drug-likeness (QED) is 0.787. The van der Waals surface area contributed by atoms with Crippen molar-refractivity contribution < 1.29 is 14.3 Å². The van der Waals surface area contributed by atoms with E-state index >= 15 is 0 Å². The zero-order chi connectivity index (χ0) is 13.5.